The maximum Gasteiger partial charge on any atom is 0.261 e. The number of ether oxygens (including phenoxy) is 1. The number of halogens is 1. The molecule has 1 atom stereocenters. The molecule has 0 saturated carbocycles. The zero-order valence-electron chi connectivity index (χ0n) is 11.8. The summed E-state index contributed by atoms with van der Waals surface area (Å²) in [7, 11) is 1.64. The van der Waals surface area contributed by atoms with E-state index < -0.39 is 0 Å². The van der Waals surface area contributed by atoms with Crippen LogP contribution < -0.4 is 5.56 Å². The van der Waals surface area contributed by atoms with E-state index in [0.717, 1.165) is 24.2 Å². The lowest BCUT2D eigenvalue weighted by Crippen LogP contribution is -2.27. The Bertz CT molecular complexity index is 639. The number of benzene rings is 1. The van der Waals surface area contributed by atoms with Gasteiger partial charge in [0.15, 0.2) is 0 Å². The number of fused-ring (bicyclic) bond motifs is 1. The Morgan fingerprint density at radius 2 is 2.15 bits per heavy atom. The topological polar surface area (TPSA) is 44.1 Å². The van der Waals surface area contributed by atoms with Crippen LogP contribution in [0.15, 0.2) is 29.1 Å². The largest absolute Gasteiger partial charge is 0.383 e. The Morgan fingerprint density at radius 3 is 2.85 bits per heavy atom. The van der Waals surface area contributed by atoms with Crippen molar-refractivity contribution in [2.75, 3.05) is 13.7 Å². The van der Waals surface area contributed by atoms with Crippen LogP contribution in [0.1, 0.15) is 30.4 Å². The predicted molar refractivity (Wildman–Crippen MR) is 84.5 cm³/mol. The predicted octanol–water partition coefficient (Wildman–Crippen LogP) is 3.28. The number of rotatable bonds is 6. The van der Waals surface area contributed by atoms with Gasteiger partial charge in [0.05, 0.1) is 28.9 Å². The first kappa shape index (κ1) is 15.2. The summed E-state index contributed by atoms with van der Waals surface area (Å²) in [6.07, 6.45) is 1.97. The van der Waals surface area contributed by atoms with Crippen molar-refractivity contribution in [2.24, 2.45) is 0 Å². The number of nitrogens with zero attached hydrogens (tertiary/aromatic N) is 2. The fourth-order valence-corrected chi connectivity index (χ4v) is 3.01. The molecule has 0 N–H and O–H groups in total. The second-order valence-electron chi connectivity index (χ2n) is 4.69. The molecule has 1 heterocycles. The molecule has 0 saturated heterocycles. The summed E-state index contributed by atoms with van der Waals surface area (Å²) in [4.78, 5) is 17.4. The van der Waals surface area contributed by atoms with Gasteiger partial charge in [0.25, 0.3) is 5.56 Å². The molecular formula is C15H19BrN2O2. The van der Waals surface area contributed by atoms with E-state index in [4.69, 9.17) is 4.74 Å². The monoisotopic (exact) mass is 338 g/mol. The molecule has 0 fully saturated rings. The lowest BCUT2D eigenvalue weighted by Gasteiger charge is -2.16. The zero-order valence-corrected chi connectivity index (χ0v) is 13.4. The van der Waals surface area contributed by atoms with Crippen LogP contribution in [-0.2, 0) is 11.3 Å². The van der Waals surface area contributed by atoms with E-state index in [1.54, 1.807) is 11.7 Å². The highest BCUT2D eigenvalue weighted by Crippen LogP contribution is 2.26. The van der Waals surface area contributed by atoms with Gasteiger partial charge in [-0.3, -0.25) is 9.36 Å². The smallest absolute Gasteiger partial charge is 0.261 e. The number of para-hydroxylation sites is 1. The molecule has 0 bridgehead atoms. The average Bonchev–Trinajstić information content (AvgIpc) is 2.46. The highest BCUT2D eigenvalue weighted by atomic mass is 79.9. The van der Waals surface area contributed by atoms with Crippen molar-refractivity contribution in [2.45, 2.75) is 31.1 Å². The summed E-state index contributed by atoms with van der Waals surface area (Å²) in [5.74, 6) is 0.785. The third-order valence-corrected chi connectivity index (χ3v) is 4.10. The first-order valence-electron chi connectivity index (χ1n) is 6.81. The minimum absolute atomic E-state index is 0.00297. The van der Waals surface area contributed by atoms with Crippen LogP contribution in [0.3, 0.4) is 0 Å². The summed E-state index contributed by atoms with van der Waals surface area (Å²) in [5.41, 5.74) is 0.755. The van der Waals surface area contributed by atoms with E-state index in [1.165, 1.54) is 0 Å². The van der Waals surface area contributed by atoms with Crippen molar-refractivity contribution >= 4 is 26.8 Å². The van der Waals surface area contributed by atoms with Crippen molar-refractivity contribution in [3.63, 3.8) is 0 Å². The van der Waals surface area contributed by atoms with E-state index in [9.17, 15) is 4.79 Å². The normalized spacial score (nSPS) is 12.8. The van der Waals surface area contributed by atoms with Crippen LogP contribution in [0.25, 0.3) is 10.9 Å². The molecule has 108 valence electrons. The number of hydrogen-bond donors (Lipinski definition) is 0. The Kier molecular flexibility index (Phi) is 5.31. The quantitative estimate of drug-likeness (QED) is 0.759. The minimum Gasteiger partial charge on any atom is -0.383 e. The molecule has 0 amide bonds. The maximum absolute atomic E-state index is 12.6. The maximum atomic E-state index is 12.6. The van der Waals surface area contributed by atoms with Crippen molar-refractivity contribution < 1.29 is 4.74 Å². The highest BCUT2D eigenvalue weighted by molar-refractivity contribution is 9.09. The molecule has 2 rings (SSSR count). The molecule has 2 aromatic rings. The highest BCUT2D eigenvalue weighted by Gasteiger charge is 2.16. The Hall–Kier alpha value is -1.20. The number of alkyl halides is 1. The molecule has 0 aliphatic rings. The molecule has 1 unspecified atom stereocenters. The third-order valence-electron chi connectivity index (χ3n) is 3.23. The van der Waals surface area contributed by atoms with Gasteiger partial charge >= 0.3 is 0 Å². The molecule has 0 aliphatic carbocycles. The van der Waals surface area contributed by atoms with Crippen molar-refractivity contribution in [1.29, 1.82) is 0 Å². The third kappa shape index (κ3) is 3.10. The van der Waals surface area contributed by atoms with Crippen molar-refractivity contribution in [1.82, 2.24) is 9.55 Å². The van der Waals surface area contributed by atoms with Crippen LogP contribution in [0, 0.1) is 0 Å². The fourth-order valence-electron chi connectivity index (χ4n) is 2.21. The standard InChI is InChI=1S/C15H19BrN2O2/c1-3-6-12(16)14-17-13-8-5-4-7-11(13)15(19)18(14)9-10-20-2/h4-5,7-8,12H,3,6,9-10H2,1-2H3. The lowest BCUT2D eigenvalue weighted by atomic mass is 10.2. The summed E-state index contributed by atoms with van der Waals surface area (Å²) in [6.45, 7) is 3.14. The van der Waals surface area contributed by atoms with Crippen LogP contribution in [-0.4, -0.2) is 23.3 Å². The van der Waals surface area contributed by atoms with Gasteiger partial charge in [-0.1, -0.05) is 41.4 Å². The van der Waals surface area contributed by atoms with Gasteiger partial charge in [-0.15, -0.1) is 0 Å². The molecule has 20 heavy (non-hydrogen) atoms. The van der Waals surface area contributed by atoms with E-state index in [0.29, 0.717) is 18.5 Å². The first-order valence-corrected chi connectivity index (χ1v) is 7.73. The Balaban J connectivity index is 2.60. The number of methoxy groups -OCH3 is 1. The van der Waals surface area contributed by atoms with Gasteiger partial charge in [-0.05, 0) is 18.6 Å². The van der Waals surface area contributed by atoms with Crippen LogP contribution in [0.4, 0.5) is 0 Å². The van der Waals surface area contributed by atoms with Crippen LogP contribution >= 0.6 is 15.9 Å². The molecule has 0 aliphatic heterocycles. The summed E-state index contributed by atoms with van der Waals surface area (Å²) in [6, 6.07) is 7.47. The van der Waals surface area contributed by atoms with Crippen molar-refractivity contribution in [3.8, 4) is 0 Å². The van der Waals surface area contributed by atoms with Crippen LogP contribution in [0.2, 0.25) is 0 Å². The van der Waals surface area contributed by atoms with Gasteiger partial charge in [-0.25, -0.2) is 4.98 Å². The number of hydrogen-bond acceptors (Lipinski definition) is 3. The fraction of sp³-hybridized carbons (Fsp3) is 0.467. The Morgan fingerprint density at radius 1 is 1.40 bits per heavy atom. The van der Waals surface area contributed by atoms with Gasteiger partial charge in [-0.2, -0.15) is 0 Å². The molecule has 5 heteroatoms. The van der Waals surface area contributed by atoms with Gasteiger partial charge in [0.2, 0.25) is 0 Å². The van der Waals surface area contributed by atoms with E-state index >= 15 is 0 Å². The van der Waals surface area contributed by atoms with Crippen molar-refractivity contribution in [3.05, 3.63) is 40.4 Å². The Labute approximate surface area is 126 Å². The minimum atomic E-state index is 0.00297. The SMILES string of the molecule is CCCC(Br)c1nc2ccccc2c(=O)n1CCOC. The van der Waals surface area contributed by atoms with E-state index in [1.807, 2.05) is 24.3 Å². The first-order chi connectivity index (χ1) is 9.69. The molecule has 0 spiro atoms. The molecule has 4 nitrogen and oxygen atoms in total. The van der Waals surface area contributed by atoms with Crippen LogP contribution in [0.5, 0.6) is 0 Å². The van der Waals surface area contributed by atoms with Gasteiger partial charge in [0.1, 0.15) is 5.82 Å². The second-order valence-corrected chi connectivity index (χ2v) is 5.80. The molecule has 1 aromatic heterocycles. The lowest BCUT2D eigenvalue weighted by molar-refractivity contribution is 0.185. The molecule has 0 radical (unpaired) electrons. The van der Waals surface area contributed by atoms with Gasteiger partial charge in [0, 0.05) is 7.11 Å². The van der Waals surface area contributed by atoms with E-state index in [2.05, 4.69) is 27.8 Å². The summed E-state index contributed by atoms with van der Waals surface area (Å²) < 4.78 is 6.83. The zero-order chi connectivity index (χ0) is 14.5. The summed E-state index contributed by atoms with van der Waals surface area (Å²) in [5, 5.41) is 0.656. The second kappa shape index (κ2) is 6.99. The van der Waals surface area contributed by atoms with E-state index in [-0.39, 0.29) is 10.4 Å². The number of aromatic nitrogens is 2. The average molecular weight is 339 g/mol. The molecular weight excluding hydrogens is 320 g/mol. The summed E-state index contributed by atoms with van der Waals surface area (Å²) >= 11 is 3.65. The molecule has 1 aromatic carbocycles. The van der Waals surface area contributed by atoms with Gasteiger partial charge < -0.3 is 4.74 Å².